The van der Waals surface area contributed by atoms with Gasteiger partial charge >= 0.3 is 0 Å². The third kappa shape index (κ3) is 5.06. The summed E-state index contributed by atoms with van der Waals surface area (Å²) >= 11 is 0. The standard InChI is InChI=1S/C17H23N3O/c1-2-9-20-17(21)15-11-16(13-18-12-15)19-10-8-14-6-4-3-5-7-14/h2,6,11-13,19H,1,3-5,7-10H2,(H,20,21). The zero-order valence-corrected chi connectivity index (χ0v) is 12.4. The first-order valence-electron chi connectivity index (χ1n) is 7.55. The van der Waals surface area contributed by atoms with E-state index in [1.54, 1.807) is 24.0 Å². The van der Waals surface area contributed by atoms with Crippen LogP contribution in [0.1, 0.15) is 42.5 Å². The zero-order chi connectivity index (χ0) is 14.9. The molecule has 0 aromatic carbocycles. The topological polar surface area (TPSA) is 54.0 Å². The second-order valence-corrected chi connectivity index (χ2v) is 5.25. The Hall–Kier alpha value is -2.10. The molecular formula is C17H23N3O. The number of amides is 1. The SMILES string of the molecule is C=CCNC(=O)c1cncc(NCCC2=CCCCC2)c1. The lowest BCUT2D eigenvalue weighted by Gasteiger charge is -2.13. The van der Waals surface area contributed by atoms with Crippen LogP contribution in [0.15, 0.2) is 42.8 Å². The number of pyridine rings is 1. The Morgan fingerprint density at radius 2 is 2.29 bits per heavy atom. The van der Waals surface area contributed by atoms with E-state index in [9.17, 15) is 4.79 Å². The van der Waals surface area contributed by atoms with Crippen molar-refractivity contribution in [1.29, 1.82) is 0 Å². The molecule has 21 heavy (non-hydrogen) atoms. The van der Waals surface area contributed by atoms with E-state index >= 15 is 0 Å². The third-order valence-electron chi connectivity index (χ3n) is 3.57. The summed E-state index contributed by atoms with van der Waals surface area (Å²) in [5.41, 5.74) is 3.00. The van der Waals surface area contributed by atoms with Crippen molar-refractivity contribution in [2.24, 2.45) is 0 Å². The van der Waals surface area contributed by atoms with Gasteiger partial charge in [-0.3, -0.25) is 9.78 Å². The van der Waals surface area contributed by atoms with Gasteiger partial charge in [-0.15, -0.1) is 6.58 Å². The van der Waals surface area contributed by atoms with Gasteiger partial charge in [0.1, 0.15) is 0 Å². The number of hydrogen-bond donors (Lipinski definition) is 2. The Bertz CT molecular complexity index is 523. The van der Waals surface area contributed by atoms with Gasteiger partial charge in [0.25, 0.3) is 5.91 Å². The summed E-state index contributed by atoms with van der Waals surface area (Å²) in [5.74, 6) is -0.124. The van der Waals surface area contributed by atoms with Crippen LogP contribution in [0.5, 0.6) is 0 Å². The Morgan fingerprint density at radius 1 is 1.38 bits per heavy atom. The first-order chi connectivity index (χ1) is 10.3. The molecule has 1 aromatic rings. The molecule has 0 saturated carbocycles. The van der Waals surface area contributed by atoms with Crippen LogP contribution >= 0.6 is 0 Å². The van der Waals surface area contributed by atoms with Gasteiger partial charge in [-0.05, 0) is 38.2 Å². The highest BCUT2D eigenvalue weighted by Gasteiger charge is 2.06. The second kappa shape index (κ2) is 8.25. The molecule has 1 amide bonds. The number of carbonyl (C=O) groups excluding carboxylic acids is 1. The molecule has 0 spiro atoms. The van der Waals surface area contributed by atoms with E-state index in [0.717, 1.165) is 18.7 Å². The summed E-state index contributed by atoms with van der Waals surface area (Å²) in [6.07, 6.45) is 13.5. The van der Waals surface area contributed by atoms with Crippen LogP contribution in [0.4, 0.5) is 5.69 Å². The molecule has 0 saturated heterocycles. The number of carbonyl (C=O) groups is 1. The van der Waals surface area contributed by atoms with E-state index in [2.05, 4.69) is 28.3 Å². The Morgan fingerprint density at radius 3 is 3.05 bits per heavy atom. The Labute approximate surface area is 126 Å². The van der Waals surface area contributed by atoms with E-state index < -0.39 is 0 Å². The molecule has 0 fully saturated rings. The van der Waals surface area contributed by atoms with Gasteiger partial charge in [-0.1, -0.05) is 17.7 Å². The molecule has 0 radical (unpaired) electrons. The maximum Gasteiger partial charge on any atom is 0.253 e. The smallest absolute Gasteiger partial charge is 0.253 e. The maximum absolute atomic E-state index is 11.8. The molecule has 4 nitrogen and oxygen atoms in total. The van der Waals surface area contributed by atoms with E-state index in [-0.39, 0.29) is 5.91 Å². The molecule has 2 N–H and O–H groups in total. The number of allylic oxidation sites excluding steroid dienone is 1. The van der Waals surface area contributed by atoms with E-state index in [1.165, 1.54) is 25.7 Å². The van der Waals surface area contributed by atoms with Crippen LogP contribution < -0.4 is 10.6 Å². The molecule has 2 rings (SSSR count). The average molecular weight is 285 g/mol. The van der Waals surface area contributed by atoms with Crippen molar-refractivity contribution in [2.45, 2.75) is 32.1 Å². The van der Waals surface area contributed by atoms with Crippen molar-refractivity contribution in [3.05, 3.63) is 48.3 Å². The maximum atomic E-state index is 11.8. The largest absolute Gasteiger partial charge is 0.383 e. The van der Waals surface area contributed by atoms with Gasteiger partial charge in [-0.2, -0.15) is 0 Å². The van der Waals surface area contributed by atoms with Crippen LogP contribution in [-0.2, 0) is 0 Å². The summed E-state index contributed by atoms with van der Waals surface area (Å²) in [5, 5.41) is 6.09. The highest BCUT2D eigenvalue weighted by molar-refractivity contribution is 5.94. The van der Waals surface area contributed by atoms with E-state index in [1.807, 2.05) is 6.07 Å². The van der Waals surface area contributed by atoms with Crippen molar-refractivity contribution in [3.8, 4) is 0 Å². The lowest BCUT2D eigenvalue weighted by atomic mass is 9.97. The minimum Gasteiger partial charge on any atom is -0.383 e. The van der Waals surface area contributed by atoms with Crippen molar-refractivity contribution in [1.82, 2.24) is 10.3 Å². The normalized spacial score (nSPS) is 14.2. The molecule has 0 atom stereocenters. The minimum absolute atomic E-state index is 0.124. The third-order valence-corrected chi connectivity index (χ3v) is 3.57. The monoisotopic (exact) mass is 285 g/mol. The van der Waals surface area contributed by atoms with Gasteiger partial charge in [0.2, 0.25) is 0 Å². The Balaban J connectivity index is 1.84. The fourth-order valence-corrected chi connectivity index (χ4v) is 2.43. The van der Waals surface area contributed by atoms with E-state index in [0.29, 0.717) is 12.1 Å². The highest BCUT2D eigenvalue weighted by atomic mass is 16.1. The highest BCUT2D eigenvalue weighted by Crippen LogP contribution is 2.20. The van der Waals surface area contributed by atoms with Crippen LogP contribution in [0.3, 0.4) is 0 Å². The van der Waals surface area contributed by atoms with Gasteiger partial charge in [-0.25, -0.2) is 0 Å². The molecule has 1 aromatic heterocycles. The predicted molar refractivity (Wildman–Crippen MR) is 86.4 cm³/mol. The first-order valence-corrected chi connectivity index (χ1v) is 7.55. The van der Waals surface area contributed by atoms with Crippen LogP contribution in [0.25, 0.3) is 0 Å². The van der Waals surface area contributed by atoms with Gasteiger partial charge in [0, 0.05) is 25.5 Å². The average Bonchev–Trinajstić information content (AvgIpc) is 2.54. The fraction of sp³-hybridized carbons (Fsp3) is 0.412. The molecule has 112 valence electrons. The van der Waals surface area contributed by atoms with Gasteiger partial charge in [0.15, 0.2) is 0 Å². The number of aromatic nitrogens is 1. The van der Waals surface area contributed by atoms with Gasteiger partial charge in [0.05, 0.1) is 11.3 Å². The molecule has 0 unspecified atom stereocenters. The van der Waals surface area contributed by atoms with Crippen LogP contribution in [0.2, 0.25) is 0 Å². The second-order valence-electron chi connectivity index (χ2n) is 5.25. The molecule has 1 aliphatic carbocycles. The quantitative estimate of drug-likeness (QED) is 0.756. The fourth-order valence-electron chi connectivity index (χ4n) is 2.43. The summed E-state index contributed by atoms with van der Waals surface area (Å²) in [7, 11) is 0. The Kier molecular flexibility index (Phi) is 6.00. The summed E-state index contributed by atoms with van der Waals surface area (Å²) in [6, 6.07) is 1.83. The number of rotatable bonds is 7. The molecule has 4 heteroatoms. The lowest BCUT2D eigenvalue weighted by Crippen LogP contribution is -2.23. The van der Waals surface area contributed by atoms with Crippen molar-refractivity contribution < 1.29 is 4.79 Å². The predicted octanol–water partition coefficient (Wildman–Crippen LogP) is 3.30. The molecule has 0 aliphatic heterocycles. The minimum atomic E-state index is -0.124. The van der Waals surface area contributed by atoms with Gasteiger partial charge < -0.3 is 10.6 Å². The molecular weight excluding hydrogens is 262 g/mol. The lowest BCUT2D eigenvalue weighted by molar-refractivity contribution is 0.0957. The summed E-state index contributed by atoms with van der Waals surface area (Å²) < 4.78 is 0. The van der Waals surface area contributed by atoms with Crippen LogP contribution in [0, 0.1) is 0 Å². The summed E-state index contributed by atoms with van der Waals surface area (Å²) in [6.45, 7) is 4.92. The molecule has 1 aliphatic rings. The molecule has 1 heterocycles. The first kappa shape index (κ1) is 15.3. The van der Waals surface area contributed by atoms with Crippen molar-refractivity contribution in [3.63, 3.8) is 0 Å². The van der Waals surface area contributed by atoms with Crippen molar-refractivity contribution in [2.75, 3.05) is 18.4 Å². The number of nitrogens with one attached hydrogen (secondary N) is 2. The van der Waals surface area contributed by atoms with Crippen molar-refractivity contribution >= 4 is 11.6 Å². The van der Waals surface area contributed by atoms with Crippen LogP contribution in [-0.4, -0.2) is 24.0 Å². The molecule has 0 bridgehead atoms. The number of anilines is 1. The van der Waals surface area contributed by atoms with E-state index in [4.69, 9.17) is 0 Å². The number of nitrogens with zero attached hydrogens (tertiary/aromatic N) is 1. The summed E-state index contributed by atoms with van der Waals surface area (Å²) in [4.78, 5) is 16.0. The zero-order valence-electron chi connectivity index (χ0n) is 12.4. The number of hydrogen-bond acceptors (Lipinski definition) is 3.